The monoisotopic (exact) mass is 358 g/mol. The third-order valence-electron chi connectivity index (χ3n) is 4.10. The van der Waals surface area contributed by atoms with Gasteiger partial charge in [-0.3, -0.25) is 4.79 Å². The van der Waals surface area contributed by atoms with E-state index in [4.69, 9.17) is 27.9 Å². The first-order valence-corrected chi connectivity index (χ1v) is 8.47. The highest BCUT2D eigenvalue weighted by atomic mass is 35.5. The molecular formula is C16H20Cl2N2O3. The Morgan fingerprint density at radius 1 is 1.30 bits per heavy atom. The van der Waals surface area contributed by atoms with Crippen molar-refractivity contribution >= 4 is 35.1 Å². The van der Waals surface area contributed by atoms with Crippen LogP contribution in [0.4, 0.5) is 0 Å². The number of amides is 1. The normalized spacial score (nSPS) is 22.3. The van der Waals surface area contributed by atoms with E-state index in [0.717, 1.165) is 19.3 Å². The first-order valence-electron chi connectivity index (χ1n) is 7.72. The Morgan fingerprint density at radius 3 is 2.70 bits per heavy atom. The van der Waals surface area contributed by atoms with Gasteiger partial charge < -0.3 is 10.1 Å². The molecule has 1 aromatic heterocycles. The standard InChI is InChI=1S/C16H20Cl2N2O3/c1-9-5-3-4-6-12(9)19-15(21)10(2)23-16(22)14-11(17)7-8-13(18)20-14/h7-10,12H,3-6H2,1-2H3,(H,19,21)/t9-,10+,12-/m0/s1. The molecule has 0 aliphatic heterocycles. The maximum absolute atomic E-state index is 12.2. The summed E-state index contributed by atoms with van der Waals surface area (Å²) in [4.78, 5) is 28.1. The fourth-order valence-corrected chi connectivity index (χ4v) is 2.99. The predicted molar refractivity (Wildman–Crippen MR) is 88.7 cm³/mol. The summed E-state index contributed by atoms with van der Waals surface area (Å²) in [6, 6.07) is 3.06. The van der Waals surface area contributed by atoms with Gasteiger partial charge in [0.05, 0.1) is 5.02 Å². The largest absolute Gasteiger partial charge is 0.448 e. The fraction of sp³-hybridized carbons (Fsp3) is 0.562. The minimum Gasteiger partial charge on any atom is -0.448 e. The quantitative estimate of drug-likeness (QED) is 0.659. The molecule has 0 saturated heterocycles. The molecule has 1 fully saturated rings. The number of ether oxygens (including phenoxy) is 1. The molecule has 0 bridgehead atoms. The second kappa shape index (κ2) is 7.97. The Kier molecular flexibility index (Phi) is 6.25. The van der Waals surface area contributed by atoms with Gasteiger partial charge in [-0.25, -0.2) is 9.78 Å². The molecule has 1 aliphatic rings. The number of esters is 1. The molecule has 1 N–H and O–H groups in total. The Hall–Kier alpha value is -1.33. The molecule has 5 nitrogen and oxygen atoms in total. The van der Waals surface area contributed by atoms with Gasteiger partial charge in [0, 0.05) is 6.04 Å². The van der Waals surface area contributed by atoms with Crippen LogP contribution in [-0.4, -0.2) is 29.0 Å². The van der Waals surface area contributed by atoms with Gasteiger partial charge in [0.15, 0.2) is 11.8 Å². The van der Waals surface area contributed by atoms with Crippen molar-refractivity contribution in [2.75, 3.05) is 0 Å². The predicted octanol–water partition coefficient (Wildman–Crippen LogP) is 3.63. The topological polar surface area (TPSA) is 68.3 Å². The molecule has 1 amide bonds. The van der Waals surface area contributed by atoms with Crippen LogP contribution in [0.3, 0.4) is 0 Å². The summed E-state index contributed by atoms with van der Waals surface area (Å²) in [5.41, 5.74) is -0.0927. The van der Waals surface area contributed by atoms with Crippen LogP contribution in [0, 0.1) is 5.92 Å². The fourth-order valence-electron chi connectivity index (χ4n) is 2.66. The number of pyridine rings is 1. The van der Waals surface area contributed by atoms with Gasteiger partial charge >= 0.3 is 5.97 Å². The van der Waals surface area contributed by atoms with Crippen LogP contribution in [0.1, 0.15) is 50.0 Å². The van der Waals surface area contributed by atoms with Crippen LogP contribution in [0.2, 0.25) is 10.2 Å². The summed E-state index contributed by atoms with van der Waals surface area (Å²) in [5, 5.41) is 3.22. The molecule has 1 aromatic rings. The highest BCUT2D eigenvalue weighted by molar-refractivity contribution is 6.34. The van der Waals surface area contributed by atoms with E-state index in [-0.39, 0.29) is 27.8 Å². The lowest BCUT2D eigenvalue weighted by molar-refractivity contribution is -0.130. The van der Waals surface area contributed by atoms with Crippen molar-refractivity contribution in [2.45, 2.75) is 51.7 Å². The van der Waals surface area contributed by atoms with E-state index in [9.17, 15) is 9.59 Å². The highest BCUT2D eigenvalue weighted by Gasteiger charge is 2.27. The zero-order valence-electron chi connectivity index (χ0n) is 13.1. The van der Waals surface area contributed by atoms with Gasteiger partial charge in [0.2, 0.25) is 0 Å². The van der Waals surface area contributed by atoms with Crippen LogP contribution < -0.4 is 5.32 Å². The molecule has 2 rings (SSSR count). The molecular weight excluding hydrogens is 339 g/mol. The van der Waals surface area contributed by atoms with Crippen molar-refractivity contribution in [1.29, 1.82) is 0 Å². The second-order valence-corrected chi connectivity index (χ2v) is 6.68. The van der Waals surface area contributed by atoms with E-state index >= 15 is 0 Å². The number of carbonyl (C=O) groups is 2. The molecule has 7 heteroatoms. The maximum Gasteiger partial charge on any atom is 0.359 e. The van der Waals surface area contributed by atoms with Gasteiger partial charge in [-0.2, -0.15) is 0 Å². The van der Waals surface area contributed by atoms with Gasteiger partial charge in [-0.05, 0) is 37.8 Å². The number of nitrogens with one attached hydrogen (secondary N) is 1. The Bertz CT molecular complexity index is 595. The molecule has 1 heterocycles. The molecule has 0 aromatic carbocycles. The van der Waals surface area contributed by atoms with Crippen molar-refractivity contribution in [3.63, 3.8) is 0 Å². The summed E-state index contributed by atoms with van der Waals surface area (Å²) in [6.07, 6.45) is 3.42. The highest BCUT2D eigenvalue weighted by Crippen LogP contribution is 2.24. The van der Waals surface area contributed by atoms with E-state index < -0.39 is 12.1 Å². The van der Waals surface area contributed by atoms with Crippen LogP contribution in [0.25, 0.3) is 0 Å². The van der Waals surface area contributed by atoms with Crippen molar-refractivity contribution in [3.8, 4) is 0 Å². The lowest BCUT2D eigenvalue weighted by atomic mass is 9.86. The summed E-state index contributed by atoms with van der Waals surface area (Å²) >= 11 is 11.7. The van der Waals surface area contributed by atoms with Crippen molar-refractivity contribution < 1.29 is 14.3 Å². The van der Waals surface area contributed by atoms with E-state index in [2.05, 4.69) is 17.2 Å². The van der Waals surface area contributed by atoms with Gasteiger partial charge in [-0.1, -0.05) is 43.0 Å². The molecule has 126 valence electrons. The second-order valence-electron chi connectivity index (χ2n) is 5.89. The molecule has 0 unspecified atom stereocenters. The summed E-state index contributed by atoms with van der Waals surface area (Å²) in [6.45, 7) is 3.65. The molecule has 0 radical (unpaired) electrons. The summed E-state index contributed by atoms with van der Waals surface area (Å²) in [7, 11) is 0. The number of hydrogen-bond acceptors (Lipinski definition) is 4. The zero-order valence-corrected chi connectivity index (χ0v) is 14.7. The van der Waals surface area contributed by atoms with Crippen molar-refractivity contribution in [3.05, 3.63) is 28.0 Å². The van der Waals surface area contributed by atoms with E-state index in [1.165, 1.54) is 25.5 Å². The third-order valence-corrected chi connectivity index (χ3v) is 4.61. The average Bonchev–Trinajstić information content (AvgIpc) is 2.51. The maximum atomic E-state index is 12.2. The SMILES string of the molecule is C[C@@H](OC(=O)c1nc(Cl)ccc1Cl)C(=O)N[C@H]1CCCC[C@@H]1C. The number of halogens is 2. The molecule has 1 saturated carbocycles. The Labute approximate surface area is 145 Å². The van der Waals surface area contributed by atoms with Gasteiger partial charge in [0.25, 0.3) is 5.91 Å². The number of nitrogens with zero attached hydrogens (tertiary/aromatic N) is 1. The van der Waals surface area contributed by atoms with Crippen LogP contribution in [0.5, 0.6) is 0 Å². The summed E-state index contributed by atoms with van der Waals surface area (Å²) in [5.74, 6) is -0.647. The number of aromatic nitrogens is 1. The summed E-state index contributed by atoms with van der Waals surface area (Å²) < 4.78 is 5.15. The van der Waals surface area contributed by atoms with Gasteiger partial charge in [0.1, 0.15) is 5.15 Å². The number of hydrogen-bond donors (Lipinski definition) is 1. The zero-order chi connectivity index (χ0) is 17.0. The smallest absolute Gasteiger partial charge is 0.359 e. The molecule has 1 aliphatic carbocycles. The van der Waals surface area contributed by atoms with Crippen LogP contribution >= 0.6 is 23.2 Å². The van der Waals surface area contributed by atoms with Crippen LogP contribution in [-0.2, 0) is 9.53 Å². The number of carbonyl (C=O) groups excluding carboxylic acids is 2. The minimum atomic E-state index is -0.923. The third kappa shape index (κ3) is 4.82. The van der Waals surface area contributed by atoms with E-state index in [1.807, 2.05) is 0 Å². The van der Waals surface area contributed by atoms with Gasteiger partial charge in [-0.15, -0.1) is 0 Å². The number of rotatable bonds is 4. The minimum absolute atomic E-state index is 0.0927. The van der Waals surface area contributed by atoms with Crippen molar-refractivity contribution in [2.24, 2.45) is 5.92 Å². The average molecular weight is 359 g/mol. The molecule has 0 spiro atoms. The molecule has 3 atom stereocenters. The lowest BCUT2D eigenvalue weighted by Crippen LogP contribution is -2.46. The van der Waals surface area contributed by atoms with E-state index in [0.29, 0.717) is 5.92 Å². The van der Waals surface area contributed by atoms with Crippen LogP contribution in [0.15, 0.2) is 12.1 Å². The molecule has 23 heavy (non-hydrogen) atoms. The van der Waals surface area contributed by atoms with Crippen molar-refractivity contribution in [1.82, 2.24) is 10.3 Å². The van der Waals surface area contributed by atoms with E-state index in [1.54, 1.807) is 0 Å². The Balaban J connectivity index is 1.94. The Morgan fingerprint density at radius 2 is 2.00 bits per heavy atom. The lowest BCUT2D eigenvalue weighted by Gasteiger charge is -2.30. The first-order chi connectivity index (χ1) is 10.9. The first kappa shape index (κ1) is 18.0.